The summed E-state index contributed by atoms with van der Waals surface area (Å²) < 4.78 is 10.7. The second-order valence-corrected chi connectivity index (χ2v) is 4.99. The van der Waals surface area contributed by atoms with Crippen molar-refractivity contribution < 1.29 is 24.5 Å². The number of phenolic OH excluding ortho intramolecular Hbond substituents is 1. The van der Waals surface area contributed by atoms with Crippen LogP contribution in [0.15, 0.2) is 12.1 Å². The van der Waals surface area contributed by atoms with Crippen LogP contribution >= 0.6 is 0 Å². The Morgan fingerprint density at radius 2 is 1.83 bits per heavy atom. The van der Waals surface area contributed by atoms with Gasteiger partial charge >= 0.3 is 5.97 Å². The first kappa shape index (κ1) is 12.5. The normalized spacial score (nSPS) is 14.3. The Hall–Kier alpha value is -1.91. The van der Waals surface area contributed by atoms with Gasteiger partial charge in [0.15, 0.2) is 11.5 Å². The van der Waals surface area contributed by atoms with E-state index in [0.717, 1.165) is 0 Å². The number of carboxylic acid groups (broad SMARTS) is 1. The molecule has 0 amide bonds. The Bertz CT molecular complexity index is 479. The van der Waals surface area contributed by atoms with E-state index in [1.54, 1.807) is 19.9 Å². The van der Waals surface area contributed by atoms with Crippen LogP contribution in [0, 0.1) is 5.41 Å². The number of hydrogen-bond donors (Lipinski definition) is 2. The summed E-state index contributed by atoms with van der Waals surface area (Å²) in [6, 6.07) is 3.12. The SMILES string of the molecule is CC(C)(Cc1cc2c(cc1O)OCCO2)C(=O)O. The molecule has 0 saturated carbocycles. The van der Waals surface area contributed by atoms with Gasteiger partial charge in [0.1, 0.15) is 19.0 Å². The molecule has 1 aromatic carbocycles. The Balaban J connectivity index is 2.31. The zero-order valence-corrected chi connectivity index (χ0v) is 10.4. The Morgan fingerprint density at radius 3 is 2.39 bits per heavy atom. The quantitative estimate of drug-likeness (QED) is 0.858. The van der Waals surface area contributed by atoms with Crippen LogP contribution in [-0.2, 0) is 11.2 Å². The van der Waals surface area contributed by atoms with Gasteiger partial charge in [-0.05, 0) is 31.9 Å². The second-order valence-electron chi connectivity index (χ2n) is 4.99. The van der Waals surface area contributed by atoms with Crippen LogP contribution in [-0.4, -0.2) is 29.4 Å². The molecule has 2 N–H and O–H groups in total. The molecule has 1 aromatic rings. The van der Waals surface area contributed by atoms with E-state index >= 15 is 0 Å². The van der Waals surface area contributed by atoms with Crippen molar-refractivity contribution in [1.29, 1.82) is 0 Å². The highest BCUT2D eigenvalue weighted by Gasteiger charge is 2.29. The number of benzene rings is 1. The molecule has 5 heteroatoms. The predicted molar refractivity (Wildman–Crippen MR) is 64.2 cm³/mol. The van der Waals surface area contributed by atoms with Crippen LogP contribution < -0.4 is 9.47 Å². The maximum Gasteiger partial charge on any atom is 0.309 e. The number of aliphatic carboxylic acids is 1. The van der Waals surface area contributed by atoms with Gasteiger partial charge in [0, 0.05) is 6.07 Å². The largest absolute Gasteiger partial charge is 0.508 e. The molecular formula is C13H16O5. The van der Waals surface area contributed by atoms with Crippen LogP contribution in [0.4, 0.5) is 0 Å². The zero-order chi connectivity index (χ0) is 13.3. The number of aromatic hydroxyl groups is 1. The highest BCUT2D eigenvalue weighted by atomic mass is 16.6. The predicted octanol–water partition coefficient (Wildman–Crippen LogP) is 1.82. The molecule has 18 heavy (non-hydrogen) atoms. The van der Waals surface area contributed by atoms with Gasteiger partial charge in [-0.15, -0.1) is 0 Å². The molecule has 98 valence electrons. The molecule has 1 heterocycles. The van der Waals surface area contributed by atoms with Crippen molar-refractivity contribution in [2.24, 2.45) is 5.41 Å². The van der Waals surface area contributed by atoms with Crippen LogP contribution in [0.1, 0.15) is 19.4 Å². The maximum absolute atomic E-state index is 11.1. The number of ether oxygens (including phenoxy) is 2. The van der Waals surface area contributed by atoms with Gasteiger partial charge in [-0.1, -0.05) is 0 Å². The summed E-state index contributed by atoms with van der Waals surface area (Å²) in [6.45, 7) is 4.14. The number of carbonyl (C=O) groups is 1. The highest BCUT2D eigenvalue weighted by Crippen LogP contribution is 2.38. The molecular weight excluding hydrogens is 236 g/mol. The van der Waals surface area contributed by atoms with E-state index in [1.165, 1.54) is 6.07 Å². The van der Waals surface area contributed by atoms with Crippen LogP contribution in [0.5, 0.6) is 17.2 Å². The minimum Gasteiger partial charge on any atom is -0.508 e. The number of phenols is 1. The van der Waals surface area contributed by atoms with Crippen LogP contribution in [0.25, 0.3) is 0 Å². The van der Waals surface area contributed by atoms with Crippen molar-refractivity contribution in [3.63, 3.8) is 0 Å². The summed E-state index contributed by atoms with van der Waals surface area (Å²) in [6.07, 6.45) is 0.227. The lowest BCUT2D eigenvalue weighted by Crippen LogP contribution is -2.26. The van der Waals surface area contributed by atoms with Crippen molar-refractivity contribution in [2.45, 2.75) is 20.3 Å². The fourth-order valence-electron chi connectivity index (χ4n) is 1.81. The molecule has 0 aromatic heterocycles. The lowest BCUT2D eigenvalue weighted by molar-refractivity contribution is -0.146. The third-order valence-corrected chi connectivity index (χ3v) is 2.95. The highest BCUT2D eigenvalue weighted by molar-refractivity contribution is 5.74. The Morgan fingerprint density at radius 1 is 1.28 bits per heavy atom. The molecule has 1 aliphatic heterocycles. The molecule has 1 aliphatic rings. The van der Waals surface area contributed by atoms with E-state index in [9.17, 15) is 9.90 Å². The Labute approximate surface area is 105 Å². The van der Waals surface area contributed by atoms with E-state index < -0.39 is 11.4 Å². The molecule has 0 radical (unpaired) electrons. The first-order valence-electron chi connectivity index (χ1n) is 5.75. The van der Waals surface area contributed by atoms with E-state index in [1.807, 2.05) is 0 Å². The molecule has 0 unspecified atom stereocenters. The summed E-state index contributed by atoms with van der Waals surface area (Å²) in [4.78, 5) is 11.1. The van der Waals surface area contributed by atoms with E-state index in [-0.39, 0.29) is 12.2 Å². The fourth-order valence-corrected chi connectivity index (χ4v) is 1.81. The summed E-state index contributed by atoms with van der Waals surface area (Å²) in [5, 5.41) is 19.0. The summed E-state index contributed by atoms with van der Waals surface area (Å²) in [5.41, 5.74) is -0.395. The second kappa shape index (κ2) is 4.40. The molecule has 0 spiro atoms. The van der Waals surface area contributed by atoms with E-state index in [4.69, 9.17) is 14.6 Å². The van der Waals surface area contributed by atoms with Gasteiger partial charge in [0.25, 0.3) is 0 Å². The van der Waals surface area contributed by atoms with Gasteiger partial charge in [0.05, 0.1) is 5.41 Å². The van der Waals surface area contributed by atoms with Gasteiger partial charge in [-0.25, -0.2) is 0 Å². The fraction of sp³-hybridized carbons (Fsp3) is 0.462. The number of rotatable bonds is 3. The van der Waals surface area contributed by atoms with Crippen molar-refractivity contribution >= 4 is 5.97 Å². The average Bonchev–Trinajstić information content (AvgIpc) is 2.29. The monoisotopic (exact) mass is 252 g/mol. The zero-order valence-electron chi connectivity index (χ0n) is 10.4. The first-order valence-corrected chi connectivity index (χ1v) is 5.75. The van der Waals surface area contributed by atoms with Crippen LogP contribution in [0.2, 0.25) is 0 Å². The number of hydrogen-bond acceptors (Lipinski definition) is 4. The molecule has 0 saturated heterocycles. The summed E-state index contributed by atoms with van der Waals surface area (Å²) >= 11 is 0. The topological polar surface area (TPSA) is 76.0 Å². The molecule has 2 rings (SSSR count). The molecule has 0 atom stereocenters. The number of fused-ring (bicyclic) bond motifs is 1. The third-order valence-electron chi connectivity index (χ3n) is 2.95. The lowest BCUT2D eigenvalue weighted by atomic mass is 9.85. The first-order chi connectivity index (χ1) is 8.40. The van der Waals surface area contributed by atoms with Crippen molar-refractivity contribution in [3.05, 3.63) is 17.7 Å². The molecule has 5 nitrogen and oxygen atoms in total. The Kier molecular flexibility index (Phi) is 3.07. The average molecular weight is 252 g/mol. The molecule has 0 bridgehead atoms. The standard InChI is InChI=1S/C13H16O5/c1-13(2,12(15)16)7-8-5-10-11(6-9(8)14)18-4-3-17-10/h5-6,14H,3-4,7H2,1-2H3,(H,15,16). The van der Waals surface area contributed by atoms with E-state index in [2.05, 4.69) is 0 Å². The van der Waals surface area contributed by atoms with E-state index in [0.29, 0.717) is 30.3 Å². The van der Waals surface area contributed by atoms with Gasteiger partial charge < -0.3 is 19.7 Å². The van der Waals surface area contributed by atoms with Crippen molar-refractivity contribution in [1.82, 2.24) is 0 Å². The smallest absolute Gasteiger partial charge is 0.309 e. The molecule has 0 fully saturated rings. The minimum atomic E-state index is -0.943. The van der Waals surface area contributed by atoms with Gasteiger partial charge in [-0.2, -0.15) is 0 Å². The van der Waals surface area contributed by atoms with Crippen LogP contribution in [0.3, 0.4) is 0 Å². The third kappa shape index (κ3) is 2.34. The maximum atomic E-state index is 11.1. The number of carboxylic acids is 1. The minimum absolute atomic E-state index is 0.0357. The molecule has 0 aliphatic carbocycles. The summed E-state index contributed by atoms with van der Waals surface area (Å²) in [5.74, 6) is 0.177. The van der Waals surface area contributed by atoms with Gasteiger partial charge in [0.2, 0.25) is 0 Å². The van der Waals surface area contributed by atoms with Crippen molar-refractivity contribution in [2.75, 3.05) is 13.2 Å². The van der Waals surface area contributed by atoms with Crippen molar-refractivity contribution in [3.8, 4) is 17.2 Å². The lowest BCUT2D eigenvalue weighted by Gasteiger charge is -2.23. The van der Waals surface area contributed by atoms with Gasteiger partial charge in [-0.3, -0.25) is 4.79 Å². The summed E-state index contributed by atoms with van der Waals surface area (Å²) in [7, 11) is 0.